The standard InChI is InChI=1S/C31H43N3O6S2/c1-19(2)26(34(5)28(36)14-23-16-41-17-23)15-27(40-21(4)35)30-33-25(18-42-30)29(37)32-24(12-20(3)31(38)39-6)13-22-10-8-7-9-11-22/h7-11,18-20,23-24,26-27H,12-17H2,1-6H3,(H,32,37)/t20-,24+,26?,27+/m0/s1. The molecule has 1 aromatic carbocycles. The van der Waals surface area contributed by atoms with Crippen LogP contribution in [0.15, 0.2) is 35.7 Å². The molecular formula is C31H43N3O6S2. The van der Waals surface area contributed by atoms with Crippen molar-refractivity contribution in [2.24, 2.45) is 17.8 Å². The van der Waals surface area contributed by atoms with Crippen LogP contribution >= 0.6 is 23.1 Å². The maximum Gasteiger partial charge on any atom is 0.308 e. The van der Waals surface area contributed by atoms with Crippen molar-refractivity contribution in [3.63, 3.8) is 0 Å². The van der Waals surface area contributed by atoms with Crippen molar-refractivity contribution in [3.05, 3.63) is 52.0 Å². The highest BCUT2D eigenvalue weighted by molar-refractivity contribution is 8.00. The number of hydrogen-bond donors (Lipinski definition) is 1. The number of nitrogens with one attached hydrogen (secondary N) is 1. The highest BCUT2D eigenvalue weighted by Gasteiger charge is 2.32. The number of thioether (sulfide) groups is 1. The number of rotatable bonds is 15. The van der Waals surface area contributed by atoms with Crippen molar-refractivity contribution in [1.82, 2.24) is 15.2 Å². The van der Waals surface area contributed by atoms with Crippen molar-refractivity contribution in [2.75, 3.05) is 25.7 Å². The van der Waals surface area contributed by atoms with Gasteiger partial charge in [-0.15, -0.1) is 11.3 Å². The summed E-state index contributed by atoms with van der Waals surface area (Å²) in [6.07, 6.45) is 1.13. The molecule has 1 aliphatic heterocycles. The average Bonchev–Trinajstić information content (AvgIpc) is 3.42. The second-order valence-corrected chi connectivity index (χ2v) is 13.3. The number of benzene rings is 1. The van der Waals surface area contributed by atoms with E-state index >= 15 is 0 Å². The maximum absolute atomic E-state index is 13.3. The van der Waals surface area contributed by atoms with Gasteiger partial charge >= 0.3 is 11.9 Å². The first-order chi connectivity index (χ1) is 20.0. The number of methoxy groups -OCH3 is 1. The zero-order valence-electron chi connectivity index (χ0n) is 25.3. The summed E-state index contributed by atoms with van der Waals surface area (Å²) in [6.45, 7) is 7.21. The van der Waals surface area contributed by atoms with Crippen molar-refractivity contribution in [1.29, 1.82) is 0 Å². The zero-order valence-corrected chi connectivity index (χ0v) is 27.0. The molecular weight excluding hydrogens is 574 g/mol. The molecule has 0 spiro atoms. The van der Waals surface area contributed by atoms with E-state index in [4.69, 9.17) is 9.47 Å². The SMILES string of the molecule is COC(=O)[C@@H](C)C[C@H](Cc1ccccc1)NC(=O)c1csc([C@@H](CC(C(C)C)N(C)C(=O)CC2CSC2)OC(C)=O)n1. The number of nitrogens with zero attached hydrogens (tertiary/aromatic N) is 2. The molecule has 0 radical (unpaired) electrons. The number of carbonyl (C=O) groups is 4. The summed E-state index contributed by atoms with van der Waals surface area (Å²) in [7, 11) is 3.16. The van der Waals surface area contributed by atoms with E-state index in [9.17, 15) is 19.2 Å². The van der Waals surface area contributed by atoms with Gasteiger partial charge in [-0.05, 0) is 41.7 Å². The monoisotopic (exact) mass is 617 g/mol. The van der Waals surface area contributed by atoms with Crippen LogP contribution in [0.5, 0.6) is 0 Å². The van der Waals surface area contributed by atoms with E-state index in [0.717, 1.165) is 17.1 Å². The van der Waals surface area contributed by atoms with E-state index in [1.54, 1.807) is 17.2 Å². The third-order valence-electron chi connectivity index (χ3n) is 7.53. The molecule has 0 aliphatic carbocycles. The number of carbonyl (C=O) groups excluding carboxylic acids is 4. The van der Waals surface area contributed by atoms with Crippen molar-refractivity contribution in [2.45, 2.75) is 71.6 Å². The van der Waals surface area contributed by atoms with E-state index in [-0.39, 0.29) is 41.5 Å². The van der Waals surface area contributed by atoms with Crippen LogP contribution in [0.2, 0.25) is 0 Å². The minimum atomic E-state index is -0.699. The van der Waals surface area contributed by atoms with Gasteiger partial charge < -0.3 is 19.7 Å². The molecule has 1 unspecified atom stereocenters. The summed E-state index contributed by atoms with van der Waals surface area (Å²) < 4.78 is 10.6. The van der Waals surface area contributed by atoms with Gasteiger partial charge in [-0.25, -0.2) is 4.98 Å². The molecule has 9 nitrogen and oxygen atoms in total. The topological polar surface area (TPSA) is 115 Å². The van der Waals surface area contributed by atoms with Gasteiger partial charge in [0, 0.05) is 44.3 Å². The Labute approximate surface area is 257 Å². The molecule has 1 aromatic heterocycles. The maximum atomic E-state index is 13.3. The molecule has 11 heteroatoms. The summed E-state index contributed by atoms with van der Waals surface area (Å²) in [5, 5.41) is 5.19. The molecule has 1 aliphatic rings. The molecule has 1 saturated heterocycles. The van der Waals surface area contributed by atoms with Crippen LogP contribution in [0.3, 0.4) is 0 Å². The van der Waals surface area contributed by atoms with Gasteiger partial charge in [0.2, 0.25) is 5.91 Å². The molecule has 2 amide bonds. The molecule has 4 atom stereocenters. The van der Waals surface area contributed by atoms with Crippen LogP contribution in [-0.4, -0.2) is 71.4 Å². The Hall–Kier alpha value is -2.92. The van der Waals surface area contributed by atoms with Crippen LogP contribution in [0.1, 0.15) is 74.1 Å². The second kappa shape index (κ2) is 16.1. The highest BCUT2D eigenvalue weighted by atomic mass is 32.2. The Bertz CT molecular complexity index is 1200. The number of ether oxygens (including phenoxy) is 2. The Kier molecular flexibility index (Phi) is 12.8. The van der Waals surface area contributed by atoms with Crippen LogP contribution in [-0.2, 0) is 30.3 Å². The average molecular weight is 618 g/mol. The van der Waals surface area contributed by atoms with Crippen molar-refractivity contribution in [3.8, 4) is 0 Å². The summed E-state index contributed by atoms with van der Waals surface area (Å²) >= 11 is 3.10. The fraction of sp³-hybridized carbons (Fsp3) is 0.581. The Morgan fingerprint density at radius 3 is 2.36 bits per heavy atom. The number of thiazole rings is 1. The molecule has 3 rings (SSSR count). The smallest absolute Gasteiger partial charge is 0.308 e. The minimum absolute atomic E-state index is 0.0884. The molecule has 230 valence electrons. The van der Waals surface area contributed by atoms with Gasteiger partial charge in [-0.3, -0.25) is 19.2 Å². The van der Waals surface area contributed by atoms with Crippen LogP contribution in [0, 0.1) is 17.8 Å². The summed E-state index contributed by atoms with van der Waals surface area (Å²) in [5.74, 6) is 1.09. The highest BCUT2D eigenvalue weighted by Crippen LogP contribution is 2.32. The summed E-state index contributed by atoms with van der Waals surface area (Å²) in [6, 6.07) is 9.24. The predicted octanol–water partition coefficient (Wildman–Crippen LogP) is 4.91. The lowest BCUT2D eigenvalue weighted by atomic mass is 9.95. The quantitative estimate of drug-likeness (QED) is 0.280. The molecule has 1 fully saturated rings. The Morgan fingerprint density at radius 1 is 1.10 bits per heavy atom. The molecule has 1 N–H and O–H groups in total. The lowest BCUT2D eigenvalue weighted by Crippen LogP contribution is -2.43. The zero-order chi connectivity index (χ0) is 30.8. The fourth-order valence-electron chi connectivity index (χ4n) is 5.09. The molecule has 2 aromatic rings. The van der Waals surface area contributed by atoms with Crippen molar-refractivity contribution < 1.29 is 28.7 Å². The largest absolute Gasteiger partial charge is 0.469 e. The van der Waals surface area contributed by atoms with E-state index in [1.165, 1.54) is 25.4 Å². The number of hydrogen-bond acceptors (Lipinski definition) is 9. The third kappa shape index (κ3) is 9.83. The lowest BCUT2D eigenvalue weighted by Gasteiger charge is -2.35. The first kappa shape index (κ1) is 33.6. The number of esters is 2. The van der Waals surface area contributed by atoms with Gasteiger partial charge in [-0.1, -0.05) is 51.1 Å². The molecule has 0 saturated carbocycles. The number of aromatic nitrogens is 1. The first-order valence-electron chi connectivity index (χ1n) is 14.4. The summed E-state index contributed by atoms with van der Waals surface area (Å²) in [5.41, 5.74) is 1.24. The lowest BCUT2D eigenvalue weighted by molar-refractivity contribution is -0.148. The fourth-order valence-corrected chi connectivity index (χ4v) is 6.73. The second-order valence-electron chi connectivity index (χ2n) is 11.3. The number of amides is 2. The van der Waals surface area contributed by atoms with E-state index in [0.29, 0.717) is 36.6 Å². The van der Waals surface area contributed by atoms with Gasteiger partial charge in [0.05, 0.1) is 13.0 Å². The third-order valence-corrected chi connectivity index (χ3v) is 9.88. The molecule has 0 bridgehead atoms. The van der Waals surface area contributed by atoms with E-state index in [1.807, 2.05) is 63.0 Å². The van der Waals surface area contributed by atoms with Crippen LogP contribution < -0.4 is 5.32 Å². The minimum Gasteiger partial charge on any atom is -0.469 e. The Balaban J connectivity index is 1.75. The first-order valence-corrected chi connectivity index (χ1v) is 16.4. The normalized spacial score (nSPS) is 16.1. The van der Waals surface area contributed by atoms with E-state index < -0.39 is 18.0 Å². The predicted molar refractivity (Wildman–Crippen MR) is 165 cm³/mol. The van der Waals surface area contributed by atoms with E-state index in [2.05, 4.69) is 10.3 Å². The van der Waals surface area contributed by atoms with Gasteiger partial charge in [0.1, 0.15) is 10.7 Å². The summed E-state index contributed by atoms with van der Waals surface area (Å²) in [4.78, 5) is 56.9. The Morgan fingerprint density at radius 2 is 1.79 bits per heavy atom. The van der Waals surface area contributed by atoms with Gasteiger partial charge in [0.15, 0.2) is 6.10 Å². The van der Waals surface area contributed by atoms with Crippen LogP contribution in [0.25, 0.3) is 0 Å². The van der Waals surface area contributed by atoms with Gasteiger partial charge in [-0.2, -0.15) is 11.8 Å². The van der Waals surface area contributed by atoms with Crippen molar-refractivity contribution >= 4 is 46.9 Å². The molecule has 42 heavy (non-hydrogen) atoms. The van der Waals surface area contributed by atoms with Crippen LogP contribution in [0.4, 0.5) is 0 Å². The molecule has 2 heterocycles. The van der Waals surface area contributed by atoms with Gasteiger partial charge in [0.25, 0.3) is 5.91 Å².